The summed E-state index contributed by atoms with van der Waals surface area (Å²) in [5.74, 6) is 0.909. The molecular weight excluding hydrogens is 262 g/mol. The Balaban J connectivity index is 1.43. The minimum atomic E-state index is 0.0121. The van der Waals surface area contributed by atoms with Gasteiger partial charge in [-0.15, -0.1) is 0 Å². The van der Waals surface area contributed by atoms with Gasteiger partial charge < -0.3 is 5.32 Å². The van der Waals surface area contributed by atoms with Crippen LogP contribution in [-0.2, 0) is 12.8 Å². The Bertz CT molecular complexity index is 474. The van der Waals surface area contributed by atoms with E-state index in [0.717, 1.165) is 37.3 Å². The maximum Gasteiger partial charge on any atom is 0.272 e. The molecule has 1 amide bonds. The van der Waals surface area contributed by atoms with Crippen LogP contribution in [0.3, 0.4) is 0 Å². The predicted molar refractivity (Wildman–Crippen MR) is 83.4 cm³/mol. The number of aromatic nitrogens is 2. The molecule has 1 aromatic rings. The molecule has 116 valence electrons. The summed E-state index contributed by atoms with van der Waals surface area (Å²) in [7, 11) is 0. The first kappa shape index (κ1) is 14.6. The molecule has 1 aromatic heterocycles. The summed E-state index contributed by atoms with van der Waals surface area (Å²) in [6.07, 6.45) is 13.8. The van der Waals surface area contributed by atoms with Crippen LogP contribution >= 0.6 is 0 Å². The van der Waals surface area contributed by atoms with Gasteiger partial charge in [-0.2, -0.15) is 5.10 Å². The lowest BCUT2D eigenvalue weighted by atomic mass is 9.86. The molecule has 1 heterocycles. The van der Waals surface area contributed by atoms with Crippen LogP contribution in [0.25, 0.3) is 0 Å². The molecule has 21 heavy (non-hydrogen) atoms. The first-order valence-electron chi connectivity index (χ1n) is 8.69. The molecule has 4 heteroatoms. The fraction of sp³-hybridized carbons (Fsp3) is 0.765. The first-order chi connectivity index (χ1) is 10.3. The van der Waals surface area contributed by atoms with Crippen molar-refractivity contribution in [2.45, 2.75) is 70.6 Å². The molecule has 1 fully saturated rings. The van der Waals surface area contributed by atoms with Gasteiger partial charge in [-0.25, -0.2) is 0 Å². The number of nitrogens with one attached hydrogen (secondary N) is 2. The van der Waals surface area contributed by atoms with E-state index in [1.807, 2.05) is 0 Å². The summed E-state index contributed by atoms with van der Waals surface area (Å²) < 4.78 is 0. The molecule has 0 aliphatic heterocycles. The number of carbonyl (C=O) groups excluding carboxylic acids is 1. The summed E-state index contributed by atoms with van der Waals surface area (Å²) in [6.45, 7) is 0.789. The van der Waals surface area contributed by atoms with Gasteiger partial charge in [0.25, 0.3) is 5.91 Å². The van der Waals surface area contributed by atoms with Crippen molar-refractivity contribution >= 4 is 5.91 Å². The van der Waals surface area contributed by atoms with Gasteiger partial charge in [0.2, 0.25) is 0 Å². The minimum absolute atomic E-state index is 0.0121. The third-order valence-electron chi connectivity index (χ3n) is 5.07. The van der Waals surface area contributed by atoms with Crippen molar-refractivity contribution in [3.05, 3.63) is 17.0 Å². The molecule has 0 spiro atoms. The molecule has 0 atom stereocenters. The lowest BCUT2D eigenvalue weighted by molar-refractivity contribution is 0.0946. The zero-order chi connectivity index (χ0) is 14.5. The highest BCUT2D eigenvalue weighted by Gasteiger charge is 2.21. The number of fused-ring (bicyclic) bond motifs is 1. The standard InChI is InChI=1S/C17H27N3O/c21-17(16-14-10-4-5-11-15(14)19-20-16)18-12-6-9-13-7-2-1-3-8-13/h13H,1-12H2,(H,18,21)(H,19,20). The quantitative estimate of drug-likeness (QED) is 0.816. The number of hydrogen-bond acceptors (Lipinski definition) is 2. The molecule has 4 nitrogen and oxygen atoms in total. The van der Waals surface area contributed by atoms with E-state index in [9.17, 15) is 4.79 Å². The summed E-state index contributed by atoms with van der Waals surface area (Å²) in [5.41, 5.74) is 2.97. The molecule has 0 bridgehead atoms. The summed E-state index contributed by atoms with van der Waals surface area (Å²) in [6, 6.07) is 0. The highest BCUT2D eigenvalue weighted by atomic mass is 16.1. The zero-order valence-corrected chi connectivity index (χ0v) is 12.9. The third kappa shape index (κ3) is 3.66. The second-order valence-electron chi connectivity index (χ2n) is 6.64. The molecule has 2 aliphatic rings. The topological polar surface area (TPSA) is 57.8 Å². The van der Waals surface area contributed by atoms with Crippen molar-refractivity contribution in [2.75, 3.05) is 6.54 Å². The van der Waals surface area contributed by atoms with Crippen molar-refractivity contribution in [3.63, 3.8) is 0 Å². The molecule has 2 N–H and O–H groups in total. The Morgan fingerprint density at radius 2 is 1.95 bits per heavy atom. The van der Waals surface area contributed by atoms with Crippen molar-refractivity contribution < 1.29 is 4.79 Å². The molecular formula is C17H27N3O. The summed E-state index contributed by atoms with van der Waals surface area (Å²) in [5, 5.41) is 10.3. The largest absolute Gasteiger partial charge is 0.351 e. The fourth-order valence-electron chi connectivity index (χ4n) is 3.82. The molecule has 0 unspecified atom stereocenters. The molecule has 2 aliphatic carbocycles. The van der Waals surface area contributed by atoms with E-state index >= 15 is 0 Å². The van der Waals surface area contributed by atoms with Gasteiger partial charge in [-0.05, 0) is 44.4 Å². The van der Waals surface area contributed by atoms with E-state index < -0.39 is 0 Å². The van der Waals surface area contributed by atoms with Gasteiger partial charge in [-0.1, -0.05) is 32.1 Å². The SMILES string of the molecule is O=C(NCCCC1CCCCC1)c1n[nH]c2c1CCCC2. The number of rotatable bonds is 5. The van der Waals surface area contributed by atoms with Crippen LogP contribution < -0.4 is 5.32 Å². The smallest absolute Gasteiger partial charge is 0.272 e. The van der Waals surface area contributed by atoms with Crippen molar-refractivity contribution in [2.24, 2.45) is 5.92 Å². The van der Waals surface area contributed by atoms with Crippen molar-refractivity contribution in [1.29, 1.82) is 0 Å². The normalized spacial score (nSPS) is 19.2. The Hall–Kier alpha value is -1.32. The van der Waals surface area contributed by atoms with Gasteiger partial charge in [0, 0.05) is 17.8 Å². The highest BCUT2D eigenvalue weighted by Crippen LogP contribution is 2.27. The van der Waals surface area contributed by atoms with Gasteiger partial charge in [0.1, 0.15) is 0 Å². The lowest BCUT2D eigenvalue weighted by Gasteiger charge is -2.21. The summed E-state index contributed by atoms with van der Waals surface area (Å²) >= 11 is 0. The van der Waals surface area contributed by atoms with Gasteiger partial charge >= 0.3 is 0 Å². The van der Waals surface area contributed by atoms with E-state index in [1.165, 1.54) is 57.1 Å². The van der Waals surface area contributed by atoms with Crippen LogP contribution in [0.15, 0.2) is 0 Å². The van der Waals surface area contributed by atoms with E-state index in [1.54, 1.807) is 0 Å². The van der Waals surface area contributed by atoms with Gasteiger partial charge in [-0.3, -0.25) is 9.89 Å². The average molecular weight is 289 g/mol. The number of H-pyrrole nitrogens is 1. The fourth-order valence-corrected chi connectivity index (χ4v) is 3.82. The van der Waals surface area contributed by atoms with Crippen molar-refractivity contribution in [3.8, 4) is 0 Å². The van der Waals surface area contributed by atoms with Gasteiger partial charge in [0.05, 0.1) is 0 Å². The average Bonchev–Trinajstić information content (AvgIpc) is 2.96. The predicted octanol–water partition coefficient (Wildman–Crippen LogP) is 3.38. The van der Waals surface area contributed by atoms with E-state index in [-0.39, 0.29) is 5.91 Å². The second-order valence-corrected chi connectivity index (χ2v) is 6.64. The maximum atomic E-state index is 12.2. The number of aryl methyl sites for hydroxylation is 1. The number of carbonyl (C=O) groups is 1. The van der Waals surface area contributed by atoms with E-state index in [4.69, 9.17) is 0 Å². The van der Waals surface area contributed by atoms with Crippen LogP contribution in [0.5, 0.6) is 0 Å². The summed E-state index contributed by atoms with van der Waals surface area (Å²) in [4.78, 5) is 12.2. The number of aromatic amines is 1. The van der Waals surface area contributed by atoms with Crippen molar-refractivity contribution in [1.82, 2.24) is 15.5 Å². The molecule has 0 radical (unpaired) electrons. The van der Waals surface area contributed by atoms with Crippen LogP contribution in [-0.4, -0.2) is 22.6 Å². The van der Waals surface area contributed by atoms with Crippen LogP contribution in [0.4, 0.5) is 0 Å². The minimum Gasteiger partial charge on any atom is -0.351 e. The number of hydrogen-bond donors (Lipinski definition) is 2. The Labute approximate surface area is 127 Å². The number of nitrogens with zero attached hydrogens (tertiary/aromatic N) is 1. The van der Waals surface area contributed by atoms with E-state index in [0.29, 0.717) is 5.69 Å². The van der Waals surface area contributed by atoms with Crippen LogP contribution in [0.2, 0.25) is 0 Å². The van der Waals surface area contributed by atoms with Crippen LogP contribution in [0, 0.1) is 5.92 Å². The zero-order valence-electron chi connectivity index (χ0n) is 12.9. The maximum absolute atomic E-state index is 12.2. The second kappa shape index (κ2) is 7.10. The molecule has 0 saturated heterocycles. The first-order valence-corrected chi connectivity index (χ1v) is 8.69. The Kier molecular flexibility index (Phi) is 4.94. The number of amides is 1. The van der Waals surface area contributed by atoms with Gasteiger partial charge in [0.15, 0.2) is 5.69 Å². The molecule has 3 rings (SSSR count). The highest BCUT2D eigenvalue weighted by molar-refractivity contribution is 5.94. The lowest BCUT2D eigenvalue weighted by Crippen LogP contribution is -2.26. The molecule has 0 aromatic carbocycles. The van der Waals surface area contributed by atoms with E-state index in [2.05, 4.69) is 15.5 Å². The Morgan fingerprint density at radius 1 is 1.14 bits per heavy atom. The molecule has 1 saturated carbocycles. The Morgan fingerprint density at radius 3 is 2.81 bits per heavy atom. The monoisotopic (exact) mass is 289 g/mol. The van der Waals surface area contributed by atoms with Crippen LogP contribution in [0.1, 0.15) is 79.5 Å². The third-order valence-corrected chi connectivity index (χ3v) is 5.07.